The van der Waals surface area contributed by atoms with Crippen molar-refractivity contribution in [3.63, 3.8) is 0 Å². The van der Waals surface area contributed by atoms with Crippen LogP contribution < -0.4 is 5.32 Å². The summed E-state index contributed by atoms with van der Waals surface area (Å²) in [6, 6.07) is 0. The average Bonchev–Trinajstić information content (AvgIpc) is 2.63. The minimum absolute atomic E-state index is 0.111. The molecule has 170 valence electrons. The number of carbonyl (C=O) groups excluding carboxylic acids is 1. The molecule has 15 heteroatoms. The summed E-state index contributed by atoms with van der Waals surface area (Å²) < 4.78 is 154. The Morgan fingerprint density at radius 1 is 0.759 bits per heavy atom. The summed E-state index contributed by atoms with van der Waals surface area (Å²) in [6.45, 7) is 0.741. The largest absolute Gasteiger partial charge is 0.384 e. The zero-order valence-corrected chi connectivity index (χ0v) is 14.4. The van der Waals surface area contributed by atoms with Gasteiger partial charge in [-0.2, -0.15) is 43.9 Å². The van der Waals surface area contributed by atoms with Crippen LogP contribution in [0.3, 0.4) is 0 Å². The van der Waals surface area contributed by atoms with E-state index in [0.29, 0.717) is 26.3 Å². The third kappa shape index (κ3) is 2.98. The lowest BCUT2D eigenvalue weighted by atomic mass is 9.71. The van der Waals surface area contributed by atoms with Crippen molar-refractivity contribution in [2.75, 3.05) is 39.4 Å². The van der Waals surface area contributed by atoms with Crippen LogP contribution in [0.2, 0.25) is 0 Å². The zero-order chi connectivity index (χ0) is 22.5. The molecule has 2 rings (SSSR count). The van der Waals surface area contributed by atoms with Crippen molar-refractivity contribution in [1.82, 2.24) is 10.2 Å². The van der Waals surface area contributed by atoms with E-state index in [1.807, 2.05) is 0 Å². The zero-order valence-electron chi connectivity index (χ0n) is 14.4. The van der Waals surface area contributed by atoms with Crippen molar-refractivity contribution >= 4 is 5.91 Å². The Bertz CT molecular complexity index is 605. The van der Waals surface area contributed by atoms with Crippen LogP contribution in [0.15, 0.2) is 0 Å². The van der Waals surface area contributed by atoms with Gasteiger partial charge in [0.2, 0.25) is 0 Å². The monoisotopic (exact) mass is 452 g/mol. The Kier molecular flexibility index (Phi) is 5.85. The van der Waals surface area contributed by atoms with E-state index < -0.39 is 47.7 Å². The Balaban J connectivity index is 2.24. The fourth-order valence-corrected chi connectivity index (χ4v) is 2.96. The minimum atomic E-state index is -7.33. The SMILES string of the molecule is O=C(NCCCN1CCOCC1)C1(F)C(F)(F)C(F)(F)C(F)(F)C(F)(F)C1(F)F. The number of hydrogen-bond acceptors (Lipinski definition) is 3. The lowest BCUT2D eigenvalue weighted by Crippen LogP contribution is -2.86. The van der Waals surface area contributed by atoms with E-state index in [9.17, 15) is 53.1 Å². The van der Waals surface area contributed by atoms with E-state index in [4.69, 9.17) is 4.74 Å². The van der Waals surface area contributed by atoms with Gasteiger partial charge in [0.1, 0.15) is 0 Å². The van der Waals surface area contributed by atoms with Crippen LogP contribution in [-0.2, 0) is 9.53 Å². The van der Waals surface area contributed by atoms with E-state index in [1.165, 1.54) is 0 Å². The third-order valence-electron chi connectivity index (χ3n) is 4.80. The second kappa shape index (κ2) is 7.10. The number of halogens is 11. The van der Waals surface area contributed by atoms with Crippen molar-refractivity contribution in [2.45, 2.75) is 41.7 Å². The summed E-state index contributed by atoms with van der Waals surface area (Å²) in [5.41, 5.74) is -6.63. The molecule has 0 aromatic heterocycles. The highest BCUT2D eigenvalue weighted by Gasteiger charge is 3.02. The Hall–Kier alpha value is -1.38. The van der Waals surface area contributed by atoms with Crippen LogP contribution in [0.1, 0.15) is 6.42 Å². The summed E-state index contributed by atoms with van der Waals surface area (Å²) in [5, 5.41) is 1.10. The smallest absolute Gasteiger partial charge is 0.379 e. The Morgan fingerprint density at radius 2 is 1.17 bits per heavy atom. The predicted octanol–water partition coefficient (Wildman–Crippen LogP) is 2.72. The number of hydrogen-bond donors (Lipinski definition) is 1. The molecule has 2 fully saturated rings. The van der Waals surface area contributed by atoms with Gasteiger partial charge in [-0.3, -0.25) is 9.69 Å². The summed E-state index contributed by atoms with van der Waals surface area (Å²) in [6.07, 6.45) is -0.193. The molecular formula is C14H15F11N2O2. The number of amides is 1. The van der Waals surface area contributed by atoms with Gasteiger partial charge < -0.3 is 10.1 Å². The van der Waals surface area contributed by atoms with Crippen molar-refractivity contribution in [3.05, 3.63) is 0 Å². The van der Waals surface area contributed by atoms with Gasteiger partial charge in [-0.1, -0.05) is 0 Å². The van der Waals surface area contributed by atoms with Crippen LogP contribution in [0.25, 0.3) is 0 Å². The van der Waals surface area contributed by atoms with Crippen LogP contribution in [0.5, 0.6) is 0 Å². The first-order valence-electron chi connectivity index (χ1n) is 8.16. The van der Waals surface area contributed by atoms with Gasteiger partial charge in [0.25, 0.3) is 5.91 Å². The number of nitrogens with zero attached hydrogens (tertiary/aromatic N) is 1. The number of rotatable bonds is 5. The van der Waals surface area contributed by atoms with Gasteiger partial charge in [-0.25, -0.2) is 4.39 Å². The van der Waals surface area contributed by atoms with Crippen molar-refractivity contribution in [1.29, 1.82) is 0 Å². The normalized spacial score (nSPS) is 29.2. The van der Waals surface area contributed by atoms with Gasteiger partial charge in [-0.05, 0) is 13.0 Å². The molecular weight excluding hydrogens is 437 g/mol. The third-order valence-corrected chi connectivity index (χ3v) is 4.80. The molecule has 0 aromatic carbocycles. The number of nitrogens with one attached hydrogen (secondary N) is 1. The van der Waals surface area contributed by atoms with Gasteiger partial charge in [0, 0.05) is 19.6 Å². The second-order valence-corrected chi connectivity index (χ2v) is 6.59. The Morgan fingerprint density at radius 3 is 1.62 bits per heavy atom. The molecule has 1 N–H and O–H groups in total. The number of ether oxygens (including phenoxy) is 1. The lowest BCUT2D eigenvalue weighted by molar-refractivity contribution is -0.476. The lowest BCUT2D eigenvalue weighted by Gasteiger charge is -2.51. The standard InChI is InChI=1S/C14H15F11N2O2/c15-9(8(28)26-2-1-3-27-4-6-29-7-5-27)10(16,17)12(20,21)14(24,25)13(22,23)11(9,18)19/h1-7H2,(H,26,28). The molecule has 1 amide bonds. The van der Waals surface area contributed by atoms with Crippen LogP contribution in [0.4, 0.5) is 48.3 Å². The molecule has 29 heavy (non-hydrogen) atoms. The van der Waals surface area contributed by atoms with E-state index in [0.717, 1.165) is 5.32 Å². The van der Waals surface area contributed by atoms with Gasteiger partial charge in [-0.15, -0.1) is 0 Å². The van der Waals surface area contributed by atoms with Crippen molar-refractivity contribution in [3.8, 4) is 0 Å². The van der Waals surface area contributed by atoms with Crippen molar-refractivity contribution in [2.24, 2.45) is 0 Å². The molecule has 0 bridgehead atoms. The first-order chi connectivity index (χ1) is 13.0. The minimum Gasteiger partial charge on any atom is -0.379 e. The highest BCUT2D eigenvalue weighted by atomic mass is 19.4. The second-order valence-electron chi connectivity index (χ2n) is 6.59. The summed E-state index contributed by atoms with van der Waals surface area (Å²) >= 11 is 0. The topological polar surface area (TPSA) is 41.6 Å². The van der Waals surface area contributed by atoms with E-state index in [1.54, 1.807) is 4.90 Å². The maximum absolute atomic E-state index is 14.4. The van der Waals surface area contributed by atoms with E-state index in [2.05, 4.69) is 0 Å². The summed E-state index contributed by atoms with van der Waals surface area (Å²) in [5.74, 6) is -39.5. The van der Waals surface area contributed by atoms with Crippen LogP contribution >= 0.6 is 0 Å². The summed E-state index contributed by atoms with van der Waals surface area (Å²) in [7, 11) is 0. The van der Waals surface area contributed by atoms with Crippen molar-refractivity contribution < 1.29 is 57.8 Å². The first-order valence-corrected chi connectivity index (χ1v) is 8.16. The molecule has 0 radical (unpaired) electrons. The number of carbonyl (C=O) groups is 1. The quantitative estimate of drug-likeness (QED) is 0.516. The molecule has 0 aromatic rings. The molecule has 1 saturated carbocycles. The summed E-state index contributed by atoms with van der Waals surface area (Å²) in [4.78, 5) is 13.3. The number of morpholine rings is 1. The fourth-order valence-electron chi connectivity index (χ4n) is 2.96. The van der Waals surface area contributed by atoms with E-state index in [-0.39, 0.29) is 13.0 Å². The maximum atomic E-state index is 14.4. The molecule has 1 heterocycles. The fraction of sp³-hybridized carbons (Fsp3) is 0.929. The predicted molar refractivity (Wildman–Crippen MR) is 73.5 cm³/mol. The molecule has 1 aliphatic carbocycles. The molecule has 2 aliphatic rings. The van der Waals surface area contributed by atoms with Crippen LogP contribution in [-0.4, -0.2) is 85.5 Å². The van der Waals surface area contributed by atoms with Crippen LogP contribution in [0, 0.1) is 0 Å². The Labute approximate surface area is 156 Å². The highest BCUT2D eigenvalue weighted by Crippen LogP contribution is 2.69. The molecule has 0 atom stereocenters. The molecule has 1 aliphatic heterocycles. The molecule has 4 nitrogen and oxygen atoms in total. The maximum Gasteiger partial charge on any atom is 0.384 e. The number of alkyl halides is 11. The first kappa shape index (κ1) is 23.9. The molecule has 0 unspecified atom stereocenters. The average molecular weight is 452 g/mol. The van der Waals surface area contributed by atoms with E-state index >= 15 is 0 Å². The van der Waals surface area contributed by atoms with Gasteiger partial charge in [0.05, 0.1) is 13.2 Å². The van der Waals surface area contributed by atoms with Gasteiger partial charge >= 0.3 is 35.3 Å². The molecule has 1 saturated heterocycles. The highest BCUT2D eigenvalue weighted by molar-refractivity contribution is 5.88. The molecule has 0 spiro atoms. The van der Waals surface area contributed by atoms with Gasteiger partial charge in [0.15, 0.2) is 0 Å².